The number of Topliss-reactive ketones (excluding diaryl/α,β-unsaturated/α-hetero) is 1. The molecule has 1 atom stereocenters. The van der Waals surface area contributed by atoms with Crippen LogP contribution in [-0.4, -0.2) is 34.4 Å². The summed E-state index contributed by atoms with van der Waals surface area (Å²) in [5.74, 6) is -3.35. The van der Waals surface area contributed by atoms with Gasteiger partial charge in [-0.05, 0) is 55.8 Å². The number of aliphatic hydroxyl groups excluding tert-OH is 1. The minimum absolute atomic E-state index is 0.116. The third-order valence-electron chi connectivity index (χ3n) is 5.18. The summed E-state index contributed by atoms with van der Waals surface area (Å²) < 4.78 is 19.2. The van der Waals surface area contributed by atoms with Gasteiger partial charge in [0.25, 0.3) is 5.78 Å². The summed E-state index contributed by atoms with van der Waals surface area (Å²) >= 11 is 4.32. The molecular weight excluding hydrogens is 527 g/mol. The molecule has 0 saturated carbocycles. The Labute approximate surface area is 206 Å². The lowest BCUT2D eigenvalue weighted by Gasteiger charge is -2.23. The number of hydrogen-bond donors (Lipinski definition) is 1. The second kappa shape index (κ2) is 9.47. The molecule has 3 aromatic rings. The quantitative estimate of drug-likeness (QED) is 0.206. The van der Waals surface area contributed by atoms with E-state index < -0.39 is 35.3 Å². The van der Waals surface area contributed by atoms with Crippen molar-refractivity contribution in [3.63, 3.8) is 0 Å². The Kier molecular flexibility index (Phi) is 6.63. The number of amides is 1. The lowest BCUT2D eigenvalue weighted by Crippen LogP contribution is -2.29. The van der Waals surface area contributed by atoms with Crippen molar-refractivity contribution in [1.29, 1.82) is 0 Å². The van der Waals surface area contributed by atoms with Crippen LogP contribution in [0.1, 0.15) is 39.5 Å². The van der Waals surface area contributed by atoms with Crippen LogP contribution in [0.5, 0.6) is 0 Å². The van der Waals surface area contributed by atoms with Crippen LogP contribution in [0.4, 0.5) is 9.52 Å². The molecule has 174 valence electrons. The zero-order valence-corrected chi connectivity index (χ0v) is 20.4. The average molecular weight is 545 g/mol. The molecule has 1 unspecified atom stereocenters. The zero-order valence-electron chi connectivity index (χ0n) is 18.0. The highest BCUT2D eigenvalue weighted by Gasteiger charge is 2.48. The number of hydrogen-bond acceptors (Lipinski definition) is 7. The van der Waals surface area contributed by atoms with Crippen LogP contribution in [-0.2, 0) is 14.3 Å². The molecule has 1 saturated heterocycles. The molecule has 2 heterocycles. The first-order valence-corrected chi connectivity index (χ1v) is 11.8. The number of anilines is 1. The van der Waals surface area contributed by atoms with Crippen LogP contribution >= 0.6 is 27.3 Å². The predicted octanol–water partition coefficient (Wildman–Crippen LogP) is 5.16. The first kappa shape index (κ1) is 23.8. The Hall–Kier alpha value is -3.37. The number of aromatic nitrogens is 1. The van der Waals surface area contributed by atoms with Crippen molar-refractivity contribution in [3.8, 4) is 0 Å². The molecule has 10 heteroatoms. The molecule has 2 aromatic carbocycles. The maximum Gasteiger partial charge on any atom is 0.350 e. The summed E-state index contributed by atoms with van der Waals surface area (Å²) in [6.45, 7) is 3.46. The van der Waals surface area contributed by atoms with Gasteiger partial charge in [0.2, 0.25) is 0 Å². The minimum atomic E-state index is -1.02. The van der Waals surface area contributed by atoms with Crippen LogP contribution in [0.2, 0.25) is 0 Å². The van der Waals surface area contributed by atoms with Crippen LogP contribution in [0.3, 0.4) is 0 Å². The zero-order chi connectivity index (χ0) is 24.6. The second-order valence-electron chi connectivity index (χ2n) is 7.36. The lowest BCUT2D eigenvalue weighted by molar-refractivity contribution is -0.132. The third kappa shape index (κ3) is 4.26. The maximum atomic E-state index is 13.4. The van der Waals surface area contributed by atoms with E-state index >= 15 is 0 Å². The van der Waals surface area contributed by atoms with Crippen LogP contribution in [0.15, 0.2) is 58.6 Å². The highest BCUT2D eigenvalue weighted by atomic mass is 79.9. The normalized spacial score (nSPS) is 17.3. The molecule has 0 radical (unpaired) electrons. The van der Waals surface area contributed by atoms with E-state index in [1.165, 1.54) is 17.0 Å². The minimum Gasteiger partial charge on any atom is -0.507 e. The van der Waals surface area contributed by atoms with E-state index in [2.05, 4.69) is 20.9 Å². The molecular formula is C24H18BrFN2O5S. The van der Waals surface area contributed by atoms with Crippen LogP contribution < -0.4 is 4.90 Å². The number of carbonyl (C=O) groups is 3. The number of halogens is 2. The molecule has 1 aliphatic heterocycles. The number of carbonyl (C=O) groups excluding carboxylic acids is 3. The summed E-state index contributed by atoms with van der Waals surface area (Å²) in [6.07, 6.45) is 0. The smallest absolute Gasteiger partial charge is 0.350 e. The first-order chi connectivity index (χ1) is 16.2. The van der Waals surface area contributed by atoms with Crippen molar-refractivity contribution in [2.45, 2.75) is 19.9 Å². The maximum absolute atomic E-state index is 13.4. The number of rotatable bonds is 5. The van der Waals surface area contributed by atoms with E-state index in [1.807, 2.05) is 0 Å². The van der Waals surface area contributed by atoms with E-state index in [9.17, 15) is 23.9 Å². The number of nitrogens with zero attached hydrogens (tertiary/aromatic N) is 2. The summed E-state index contributed by atoms with van der Waals surface area (Å²) in [7, 11) is 0. The summed E-state index contributed by atoms with van der Waals surface area (Å²) in [4.78, 5) is 44.4. The van der Waals surface area contributed by atoms with E-state index in [1.54, 1.807) is 38.1 Å². The van der Waals surface area contributed by atoms with Gasteiger partial charge >= 0.3 is 11.9 Å². The fraction of sp³-hybridized carbons (Fsp3) is 0.167. The average Bonchev–Trinajstić information content (AvgIpc) is 3.31. The van der Waals surface area contributed by atoms with Crippen LogP contribution in [0.25, 0.3) is 5.76 Å². The highest BCUT2D eigenvalue weighted by Crippen LogP contribution is 2.44. The van der Waals surface area contributed by atoms with Crippen molar-refractivity contribution >= 4 is 55.8 Å². The highest BCUT2D eigenvalue weighted by molar-refractivity contribution is 9.10. The van der Waals surface area contributed by atoms with Gasteiger partial charge in [-0.25, -0.2) is 14.2 Å². The Bertz CT molecular complexity index is 1340. The predicted molar refractivity (Wildman–Crippen MR) is 128 cm³/mol. The molecule has 34 heavy (non-hydrogen) atoms. The number of ether oxygens (including phenoxy) is 1. The van der Waals surface area contributed by atoms with Crippen molar-refractivity contribution in [1.82, 2.24) is 4.98 Å². The van der Waals surface area contributed by atoms with Gasteiger partial charge in [-0.1, -0.05) is 39.4 Å². The van der Waals surface area contributed by atoms with E-state index in [4.69, 9.17) is 4.74 Å². The van der Waals surface area contributed by atoms with E-state index in [-0.39, 0.29) is 27.8 Å². The lowest BCUT2D eigenvalue weighted by atomic mass is 9.95. The molecule has 1 fully saturated rings. The Morgan fingerprint density at radius 2 is 1.94 bits per heavy atom. The van der Waals surface area contributed by atoms with Gasteiger partial charge in [0.15, 0.2) is 5.13 Å². The van der Waals surface area contributed by atoms with Crippen molar-refractivity contribution in [2.24, 2.45) is 0 Å². The van der Waals surface area contributed by atoms with Gasteiger partial charge in [-0.3, -0.25) is 14.5 Å². The number of thiazole rings is 1. The molecule has 4 rings (SSSR count). The Morgan fingerprint density at radius 3 is 2.59 bits per heavy atom. The number of ketones is 1. The van der Waals surface area contributed by atoms with Gasteiger partial charge in [0.1, 0.15) is 16.5 Å². The number of aliphatic hydroxyl groups is 1. The number of aryl methyl sites for hydroxylation is 1. The monoisotopic (exact) mass is 544 g/mol. The van der Waals surface area contributed by atoms with E-state index in [0.29, 0.717) is 15.7 Å². The molecule has 1 amide bonds. The topological polar surface area (TPSA) is 96.8 Å². The second-order valence-corrected chi connectivity index (χ2v) is 9.26. The van der Waals surface area contributed by atoms with Gasteiger partial charge in [-0.15, -0.1) is 0 Å². The van der Waals surface area contributed by atoms with Gasteiger partial charge in [-0.2, -0.15) is 0 Å². The summed E-state index contributed by atoms with van der Waals surface area (Å²) in [6, 6.07) is 10.8. The summed E-state index contributed by atoms with van der Waals surface area (Å²) in [5.41, 5.74) is 0.900. The Balaban J connectivity index is 1.91. The molecule has 1 aliphatic rings. The number of esters is 1. The van der Waals surface area contributed by atoms with Crippen molar-refractivity contribution in [2.75, 3.05) is 11.5 Å². The standard InChI is InChI=1S/C24H18BrFN2O5S/c1-3-33-23(32)21-12(2)27-24(34-21)28-18(14-5-4-6-15(25)11-14)17(20(30)22(28)31)19(29)13-7-9-16(26)10-8-13/h4-11,18,29H,3H2,1-2H3/b19-17+. The van der Waals surface area contributed by atoms with E-state index in [0.717, 1.165) is 23.5 Å². The molecule has 0 aliphatic carbocycles. The van der Waals surface area contributed by atoms with Crippen molar-refractivity contribution in [3.05, 3.63) is 86.1 Å². The van der Waals surface area contributed by atoms with Gasteiger partial charge < -0.3 is 9.84 Å². The largest absolute Gasteiger partial charge is 0.507 e. The SMILES string of the molecule is CCOC(=O)c1sc(N2C(=O)C(=O)/C(=C(/O)c3ccc(F)cc3)C2c2cccc(Br)c2)nc1C. The van der Waals surface area contributed by atoms with Gasteiger partial charge in [0, 0.05) is 10.0 Å². The molecule has 7 nitrogen and oxygen atoms in total. The first-order valence-electron chi connectivity index (χ1n) is 10.2. The summed E-state index contributed by atoms with van der Waals surface area (Å²) in [5, 5.41) is 11.2. The molecule has 1 N–H and O–H groups in total. The van der Waals surface area contributed by atoms with Gasteiger partial charge in [0.05, 0.1) is 23.9 Å². The van der Waals surface area contributed by atoms with Crippen LogP contribution in [0, 0.1) is 12.7 Å². The Morgan fingerprint density at radius 1 is 1.24 bits per heavy atom. The molecule has 1 aromatic heterocycles. The fourth-order valence-electron chi connectivity index (χ4n) is 3.66. The number of benzene rings is 2. The fourth-order valence-corrected chi connectivity index (χ4v) is 5.06. The molecule has 0 spiro atoms. The third-order valence-corrected chi connectivity index (χ3v) is 6.81. The molecule has 0 bridgehead atoms. The van der Waals surface area contributed by atoms with Crippen molar-refractivity contribution < 1.29 is 28.6 Å².